The largest absolute Gasteiger partial charge is 0.363 e. The molecule has 1 aliphatic carbocycles. The van der Waals surface area contributed by atoms with Gasteiger partial charge in [-0.05, 0) is 25.7 Å². The van der Waals surface area contributed by atoms with Gasteiger partial charge in [-0.25, -0.2) is 0 Å². The molecule has 21 heavy (non-hydrogen) atoms. The third-order valence-electron chi connectivity index (χ3n) is 4.83. The first-order valence-corrected chi connectivity index (χ1v) is 7.81. The Kier molecular flexibility index (Phi) is 3.23. The Morgan fingerprint density at radius 3 is 2.86 bits per heavy atom. The van der Waals surface area contributed by atoms with Crippen LogP contribution in [0.25, 0.3) is 0 Å². The quantitative estimate of drug-likeness (QED) is 0.901. The van der Waals surface area contributed by atoms with Crippen LogP contribution in [0, 0.1) is 0 Å². The van der Waals surface area contributed by atoms with Gasteiger partial charge in [0.05, 0.1) is 11.3 Å². The number of hydrogen-bond acceptors (Lipinski definition) is 5. The number of amides is 1. The fourth-order valence-corrected chi connectivity index (χ4v) is 3.21. The molecule has 0 radical (unpaired) electrons. The van der Waals surface area contributed by atoms with Crippen molar-refractivity contribution in [3.63, 3.8) is 0 Å². The second kappa shape index (κ2) is 5.10. The number of piperidine rings is 1. The standard InChI is InChI=1S/C15H21N3O3/c19-14-9-20-15(10-16-14)3-5-18(6-4-15)8-12-7-13(21-17-12)11-1-2-11/h7,11H,1-6,8-10H2,(H,16,19). The Labute approximate surface area is 123 Å². The van der Waals surface area contributed by atoms with Crippen molar-refractivity contribution in [3.8, 4) is 0 Å². The van der Waals surface area contributed by atoms with Gasteiger partial charge >= 0.3 is 0 Å². The summed E-state index contributed by atoms with van der Waals surface area (Å²) in [4.78, 5) is 13.6. The molecule has 4 rings (SSSR count). The SMILES string of the molecule is O=C1COC2(CCN(Cc3cc(C4CC4)on3)CC2)CN1. The van der Waals surface area contributed by atoms with E-state index in [1.807, 2.05) is 0 Å². The highest BCUT2D eigenvalue weighted by Gasteiger charge is 2.39. The van der Waals surface area contributed by atoms with Crippen molar-refractivity contribution in [2.24, 2.45) is 0 Å². The molecule has 1 spiro atoms. The zero-order valence-electron chi connectivity index (χ0n) is 12.1. The third kappa shape index (κ3) is 2.82. The predicted molar refractivity (Wildman–Crippen MR) is 74.7 cm³/mol. The Morgan fingerprint density at radius 2 is 2.19 bits per heavy atom. The Balaban J connectivity index is 1.31. The number of carbonyl (C=O) groups excluding carboxylic acids is 1. The average molecular weight is 291 g/mol. The van der Waals surface area contributed by atoms with E-state index in [0.717, 1.165) is 43.9 Å². The molecule has 6 heteroatoms. The number of aromatic nitrogens is 1. The first kappa shape index (κ1) is 13.3. The lowest BCUT2D eigenvalue weighted by Gasteiger charge is -2.43. The van der Waals surface area contributed by atoms with Crippen LogP contribution in [0.5, 0.6) is 0 Å². The van der Waals surface area contributed by atoms with Crippen molar-refractivity contribution in [3.05, 3.63) is 17.5 Å². The van der Waals surface area contributed by atoms with Crippen molar-refractivity contribution < 1.29 is 14.1 Å². The highest BCUT2D eigenvalue weighted by Crippen LogP contribution is 2.40. The Morgan fingerprint density at radius 1 is 1.38 bits per heavy atom. The molecular formula is C15H21N3O3. The summed E-state index contributed by atoms with van der Waals surface area (Å²) in [5.41, 5.74) is 0.888. The monoisotopic (exact) mass is 291 g/mol. The minimum absolute atomic E-state index is 0.00161. The molecule has 1 aromatic rings. The molecule has 0 aromatic carbocycles. The van der Waals surface area contributed by atoms with E-state index < -0.39 is 0 Å². The first-order valence-electron chi connectivity index (χ1n) is 7.81. The van der Waals surface area contributed by atoms with Crippen LogP contribution < -0.4 is 5.32 Å². The third-order valence-corrected chi connectivity index (χ3v) is 4.83. The molecule has 0 unspecified atom stereocenters. The van der Waals surface area contributed by atoms with Crippen molar-refractivity contribution in [2.75, 3.05) is 26.2 Å². The van der Waals surface area contributed by atoms with Gasteiger partial charge in [-0.3, -0.25) is 9.69 Å². The van der Waals surface area contributed by atoms with Gasteiger partial charge in [0.15, 0.2) is 0 Å². The maximum Gasteiger partial charge on any atom is 0.246 e. The van der Waals surface area contributed by atoms with Crippen LogP contribution >= 0.6 is 0 Å². The summed E-state index contributed by atoms with van der Waals surface area (Å²) >= 11 is 0. The van der Waals surface area contributed by atoms with Crippen LogP contribution in [-0.4, -0.2) is 47.8 Å². The van der Waals surface area contributed by atoms with E-state index in [4.69, 9.17) is 9.26 Å². The normalized spacial score (nSPS) is 26.0. The van der Waals surface area contributed by atoms with E-state index in [9.17, 15) is 4.79 Å². The zero-order chi connectivity index (χ0) is 14.3. The van der Waals surface area contributed by atoms with Crippen molar-refractivity contribution in [1.82, 2.24) is 15.4 Å². The summed E-state index contributed by atoms with van der Waals surface area (Å²) in [6.45, 7) is 3.64. The van der Waals surface area contributed by atoms with Crippen molar-refractivity contribution in [2.45, 2.75) is 43.7 Å². The minimum atomic E-state index is -0.145. The Bertz CT molecular complexity index is 518. The number of nitrogens with zero attached hydrogens (tertiary/aromatic N) is 2. The van der Waals surface area contributed by atoms with Gasteiger partial charge < -0.3 is 14.6 Å². The summed E-state index contributed by atoms with van der Waals surface area (Å²) in [5.74, 6) is 1.67. The molecule has 0 atom stereocenters. The molecule has 2 saturated heterocycles. The van der Waals surface area contributed by atoms with Crippen molar-refractivity contribution >= 4 is 5.91 Å². The molecule has 3 heterocycles. The smallest absolute Gasteiger partial charge is 0.246 e. The molecule has 1 amide bonds. The van der Waals surface area contributed by atoms with Crippen LogP contribution in [-0.2, 0) is 16.1 Å². The zero-order valence-corrected chi connectivity index (χ0v) is 12.1. The molecule has 3 aliphatic rings. The van der Waals surface area contributed by atoms with E-state index in [2.05, 4.69) is 21.4 Å². The maximum atomic E-state index is 11.2. The molecule has 0 bridgehead atoms. The number of rotatable bonds is 3. The number of ether oxygens (including phenoxy) is 1. The summed E-state index contributed by atoms with van der Waals surface area (Å²) in [6.07, 6.45) is 4.40. The van der Waals surface area contributed by atoms with Crippen LogP contribution in [0.2, 0.25) is 0 Å². The average Bonchev–Trinajstić information content (AvgIpc) is 3.25. The number of morpholine rings is 1. The van der Waals surface area contributed by atoms with Gasteiger partial charge in [0.25, 0.3) is 0 Å². The van der Waals surface area contributed by atoms with E-state index in [1.54, 1.807) is 0 Å². The molecule has 1 aromatic heterocycles. The summed E-state index contributed by atoms with van der Waals surface area (Å²) in [5, 5.41) is 7.10. The summed E-state index contributed by atoms with van der Waals surface area (Å²) < 4.78 is 11.2. The lowest BCUT2D eigenvalue weighted by molar-refractivity contribution is -0.150. The van der Waals surface area contributed by atoms with Gasteiger partial charge in [0.1, 0.15) is 12.4 Å². The molecular weight excluding hydrogens is 270 g/mol. The van der Waals surface area contributed by atoms with Crippen LogP contribution in [0.1, 0.15) is 43.1 Å². The van der Waals surface area contributed by atoms with Gasteiger partial charge in [-0.2, -0.15) is 0 Å². The van der Waals surface area contributed by atoms with E-state index >= 15 is 0 Å². The van der Waals surface area contributed by atoms with E-state index in [-0.39, 0.29) is 18.1 Å². The number of hydrogen-bond donors (Lipinski definition) is 1. The second-order valence-corrected chi connectivity index (χ2v) is 6.52. The topological polar surface area (TPSA) is 67.6 Å². The van der Waals surface area contributed by atoms with Crippen LogP contribution in [0.3, 0.4) is 0 Å². The highest BCUT2D eigenvalue weighted by molar-refractivity contribution is 5.78. The molecule has 1 N–H and O–H groups in total. The molecule has 114 valence electrons. The van der Waals surface area contributed by atoms with E-state index in [1.165, 1.54) is 12.8 Å². The molecule has 3 fully saturated rings. The lowest BCUT2D eigenvalue weighted by Crippen LogP contribution is -2.57. The van der Waals surface area contributed by atoms with Gasteiger partial charge in [-0.15, -0.1) is 0 Å². The van der Waals surface area contributed by atoms with Gasteiger partial charge in [-0.1, -0.05) is 5.16 Å². The lowest BCUT2D eigenvalue weighted by atomic mass is 9.90. The fraction of sp³-hybridized carbons (Fsp3) is 0.733. The second-order valence-electron chi connectivity index (χ2n) is 6.52. The fourth-order valence-electron chi connectivity index (χ4n) is 3.21. The van der Waals surface area contributed by atoms with Crippen molar-refractivity contribution in [1.29, 1.82) is 0 Å². The molecule has 6 nitrogen and oxygen atoms in total. The van der Waals surface area contributed by atoms with E-state index in [0.29, 0.717) is 12.5 Å². The number of carbonyl (C=O) groups is 1. The number of nitrogens with one attached hydrogen (secondary N) is 1. The minimum Gasteiger partial charge on any atom is -0.363 e. The summed E-state index contributed by atoms with van der Waals surface area (Å²) in [7, 11) is 0. The molecule has 1 saturated carbocycles. The van der Waals surface area contributed by atoms with Crippen LogP contribution in [0.4, 0.5) is 0 Å². The summed E-state index contributed by atoms with van der Waals surface area (Å²) in [6, 6.07) is 2.11. The Hall–Kier alpha value is -1.40. The highest BCUT2D eigenvalue weighted by atomic mass is 16.5. The molecule has 2 aliphatic heterocycles. The number of likely N-dealkylation sites (tertiary alicyclic amines) is 1. The van der Waals surface area contributed by atoms with Gasteiger partial charge in [0, 0.05) is 38.2 Å². The van der Waals surface area contributed by atoms with Crippen LogP contribution in [0.15, 0.2) is 10.6 Å². The predicted octanol–water partition coefficient (Wildman–Crippen LogP) is 1.03. The van der Waals surface area contributed by atoms with Gasteiger partial charge in [0.2, 0.25) is 5.91 Å². The maximum absolute atomic E-state index is 11.2. The first-order chi connectivity index (χ1) is 10.2.